The van der Waals surface area contributed by atoms with Gasteiger partial charge in [-0.25, -0.2) is 4.79 Å². The summed E-state index contributed by atoms with van der Waals surface area (Å²) in [6.45, 7) is 0. The van der Waals surface area contributed by atoms with E-state index in [-0.39, 0.29) is 11.4 Å². The Kier molecular flexibility index (Phi) is 9.84. The largest absolute Gasteiger partial charge is 0.497 e. The summed E-state index contributed by atoms with van der Waals surface area (Å²) in [5.74, 6) is -4.34. The van der Waals surface area contributed by atoms with Crippen LogP contribution in [0.1, 0.15) is 61.0 Å². The maximum atomic E-state index is 13.0. The fourth-order valence-corrected chi connectivity index (χ4v) is 4.69. The zero-order chi connectivity index (χ0) is 30.2. The maximum absolute atomic E-state index is 13.0. The highest BCUT2D eigenvalue weighted by molar-refractivity contribution is 5.94. The summed E-state index contributed by atoms with van der Waals surface area (Å²) in [5.41, 5.74) is 0.0603. The zero-order valence-electron chi connectivity index (χ0n) is 22.7. The van der Waals surface area contributed by atoms with Gasteiger partial charge in [-0.05, 0) is 36.6 Å². The Labute approximate surface area is 235 Å². The van der Waals surface area contributed by atoms with Gasteiger partial charge in [0.25, 0.3) is 5.91 Å². The summed E-state index contributed by atoms with van der Waals surface area (Å²) in [4.78, 5) is 43.5. The molecule has 0 unspecified atom stereocenters. The highest BCUT2D eigenvalue weighted by atomic mass is 16.5. The number of nitrogens with zero attached hydrogens (tertiary/aromatic N) is 3. The van der Waals surface area contributed by atoms with Crippen molar-refractivity contribution in [1.82, 2.24) is 25.3 Å². The van der Waals surface area contributed by atoms with Crippen molar-refractivity contribution in [2.45, 2.75) is 56.1 Å². The second-order valence-electron chi connectivity index (χ2n) is 9.87. The van der Waals surface area contributed by atoms with Gasteiger partial charge in [-0.2, -0.15) is 10.2 Å². The van der Waals surface area contributed by atoms with Crippen molar-refractivity contribution in [3.8, 4) is 17.0 Å². The van der Waals surface area contributed by atoms with E-state index in [2.05, 4.69) is 32.7 Å². The smallest absolute Gasteiger partial charge is 0.336 e. The van der Waals surface area contributed by atoms with Crippen LogP contribution in [-0.2, 0) is 27.0 Å². The third-order valence-corrected chi connectivity index (χ3v) is 6.81. The third-order valence-electron chi connectivity index (χ3n) is 6.81. The number of hydrogen-bond donors (Lipinski definition) is 6. The molecule has 0 saturated heterocycles. The highest BCUT2D eigenvalue weighted by Crippen LogP contribution is 2.38. The van der Waals surface area contributed by atoms with E-state index in [1.165, 1.54) is 6.42 Å². The van der Waals surface area contributed by atoms with Crippen LogP contribution in [0.15, 0.2) is 42.7 Å². The van der Waals surface area contributed by atoms with Crippen LogP contribution in [0, 0.1) is 0 Å². The SMILES string of the molecule is COc1ccc(C2(NC(=O)c3cc(-c4cnn(C)c4)n[nH]3)CCCCC2)cc1.O=C(O)CC(O)(CC(=O)O)C(=O)O. The van der Waals surface area contributed by atoms with Gasteiger partial charge in [-0.3, -0.25) is 24.2 Å². The summed E-state index contributed by atoms with van der Waals surface area (Å²) in [6.07, 6.45) is 6.55. The molecule has 4 rings (SSSR count). The van der Waals surface area contributed by atoms with Gasteiger partial charge in [0.2, 0.25) is 0 Å². The number of carboxylic acids is 3. The average Bonchev–Trinajstić information content (AvgIpc) is 3.58. The molecule has 0 radical (unpaired) electrons. The van der Waals surface area contributed by atoms with E-state index in [0.717, 1.165) is 42.6 Å². The molecular weight excluding hydrogens is 538 g/mol. The van der Waals surface area contributed by atoms with Crippen molar-refractivity contribution in [3.63, 3.8) is 0 Å². The molecule has 0 spiro atoms. The van der Waals surface area contributed by atoms with Crippen LogP contribution in [0.4, 0.5) is 0 Å². The molecule has 220 valence electrons. The van der Waals surface area contributed by atoms with E-state index in [4.69, 9.17) is 25.2 Å². The zero-order valence-corrected chi connectivity index (χ0v) is 22.7. The van der Waals surface area contributed by atoms with Gasteiger partial charge >= 0.3 is 17.9 Å². The van der Waals surface area contributed by atoms with Crippen LogP contribution in [0.2, 0.25) is 0 Å². The molecule has 2 aromatic heterocycles. The van der Waals surface area contributed by atoms with Crippen LogP contribution in [0.3, 0.4) is 0 Å². The molecule has 41 heavy (non-hydrogen) atoms. The summed E-state index contributed by atoms with van der Waals surface area (Å²) in [7, 11) is 3.51. The molecule has 14 heteroatoms. The Morgan fingerprint density at radius 1 is 1.05 bits per heavy atom. The normalized spacial score (nSPS) is 14.3. The average molecular weight is 572 g/mol. The molecule has 0 aliphatic heterocycles. The number of nitrogens with one attached hydrogen (secondary N) is 2. The number of benzene rings is 1. The fraction of sp³-hybridized carbons (Fsp3) is 0.407. The molecule has 3 aromatic rings. The van der Waals surface area contributed by atoms with E-state index in [9.17, 15) is 19.2 Å². The van der Waals surface area contributed by atoms with Crippen molar-refractivity contribution >= 4 is 23.8 Å². The number of H-pyrrole nitrogens is 1. The molecule has 6 N–H and O–H groups in total. The first kappa shape index (κ1) is 30.8. The van der Waals surface area contributed by atoms with Crippen molar-refractivity contribution < 1.29 is 44.3 Å². The molecule has 1 saturated carbocycles. The number of methoxy groups -OCH3 is 1. The summed E-state index contributed by atoms with van der Waals surface area (Å²) in [5, 5.41) is 48.4. The first-order valence-corrected chi connectivity index (χ1v) is 12.8. The lowest BCUT2D eigenvalue weighted by Gasteiger charge is -2.38. The minimum Gasteiger partial charge on any atom is -0.497 e. The highest BCUT2D eigenvalue weighted by Gasteiger charge is 2.41. The van der Waals surface area contributed by atoms with Crippen molar-refractivity contribution in [3.05, 3.63) is 54.0 Å². The maximum Gasteiger partial charge on any atom is 0.336 e. The fourth-order valence-electron chi connectivity index (χ4n) is 4.69. The number of aliphatic hydroxyl groups is 1. The molecular formula is C27H33N5O9. The van der Waals surface area contributed by atoms with Gasteiger partial charge in [0.15, 0.2) is 5.60 Å². The van der Waals surface area contributed by atoms with Gasteiger partial charge in [0.05, 0.1) is 37.4 Å². The molecule has 0 bridgehead atoms. The van der Waals surface area contributed by atoms with Crippen LogP contribution >= 0.6 is 0 Å². The molecule has 1 amide bonds. The van der Waals surface area contributed by atoms with Crippen molar-refractivity contribution in [2.24, 2.45) is 7.05 Å². The minimum absolute atomic E-state index is 0.139. The number of carbonyl (C=O) groups excluding carboxylic acids is 1. The number of carbonyl (C=O) groups is 4. The molecule has 0 atom stereocenters. The Morgan fingerprint density at radius 2 is 1.66 bits per heavy atom. The lowest BCUT2D eigenvalue weighted by atomic mass is 9.76. The molecule has 2 heterocycles. The number of aliphatic carboxylic acids is 3. The van der Waals surface area contributed by atoms with Crippen LogP contribution in [0.5, 0.6) is 5.75 Å². The molecule has 1 aliphatic rings. The number of aryl methyl sites for hydroxylation is 1. The standard InChI is InChI=1S/C21H25N5O2.C6H8O7/c1-26-14-15(13-22-26)18-12-19(25-24-18)20(27)23-21(10-4-3-5-11-21)16-6-8-17(28-2)9-7-16;7-3(8)1-6(13,5(11)12)2-4(9)10/h6-9,12-14H,3-5,10-11H2,1-2H3,(H,23,27)(H,24,25);13H,1-2H2,(H,7,8)(H,9,10)(H,11,12). The van der Waals surface area contributed by atoms with Gasteiger partial charge in [-0.1, -0.05) is 31.4 Å². The van der Waals surface area contributed by atoms with E-state index in [1.807, 2.05) is 25.4 Å². The van der Waals surface area contributed by atoms with Crippen LogP contribution in [-0.4, -0.2) is 76.9 Å². The number of aromatic nitrogens is 4. The number of rotatable bonds is 10. The van der Waals surface area contributed by atoms with Crippen molar-refractivity contribution in [2.75, 3.05) is 7.11 Å². The predicted molar refractivity (Wildman–Crippen MR) is 143 cm³/mol. The minimum atomic E-state index is -2.74. The predicted octanol–water partition coefficient (Wildman–Crippen LogP) is 2.16. The van der Waals surface area contributed by atoms with Gasteiger partial charge in [-0.15, -0.1) is 0 Å². The first-order valence-electron chi connectivity index (χ1n) is 12.8. The Balaban J connectivity index is 0.000000302. The summed E-state index contributed by atoms with van der Waals surface area (Å²) < 4.78 is 6.99. The summed E-state index contributed by atoms with van der Waals surface area (Å²) >= 11 is 0. The second kappa shape index (κ2) is 13.1. The Hall–Kier alpha value is -4.72. The number of aromatic amines is 1. The lowest BCUT2D eigenvalue weighted by Crippen LogP contribution is -2.47. The Bertz CT molecular complexity index is 1360. The Morgan fingerprint density at radius 3 is 2.15 bits per heavy atom. The molecule has 1 aliphatic carbocycles. The molecule has 1 aromatic carbocycles. The van der Waals surface area contributed by atoms with Crippen molar-refractivity contribution in [1.29, 1.82) is 0 Å². The number of carboxylic acid groups (broad SMARTS) is 3. The monoisotopic (exact) mass is 571 g/mol. The first-order chi connectivity index (χ1) is 19.4. The van der Waals surface area contributed by atoms with E-state index < -0.39 is 36.4 Å². The lowest BCUT2D eigenvalue weighted by molar-refractivity contribution is -0.170. The van der Waals surface area contributed by atoms with Gasteiger partial charge in [0, 0.05) is 18.8 Å². The number of ether oxygens (including phenoxy) is 1. The van der Waals surface area contributed by atoms with E-state index in [0.29, 0.717) is 11.4 Å². The topological polar surface area (TPSA) is 217 Å². The molecule has 1 fully saturated rings. The second-order valence-corrected chi connectivity index (χ2v) is 9.87. The molecule has 14 nitrogen and oxygen atoms in total. The quantitative estimate of drug-likeness (QED) is 0.207. The third kappa shape index (κ3) is 7.91. The van der Waals surface area contributed by atoms with Crippen LogP contribution < -0.4 is 10.1 Å². The van der Waals surface area contributed by atoms with Gasteiger partial charge < -0.3 is 30.5 Å². The van der Waals surface area contributed by atoms with E-state index >= 15 is 0 Å². The van der Waals surface area contributed by atoms with Gasteiger partial charge in [0.1, 0.15) is 11.4 Å². The summed E-state index contributed by atoms with van der Waals surface area (Å²) in [6, 6.07) is 9.79. The van der Waals surface area contributed by atoms with E-state index in [1.54, 1.807) is 24.1 Å². The number of hydrogen-bond acceptors (Lipinski definition) is 8. The number of amides is 1. The van der Waals surface area contributed by atoms with Crippen LogP contribution in [0.25, 0.3) is 11.3 Å².